The van der Waals surface area contributed by atoms with Crippen LogP contribution in [0.3, 0.4) is 0 Å². The van der Waals surface area contributed by atoms with Gasteiger partial charge in [0, 0.05) is 51.7 Å². The van der Waals surface area contributed by atoms with E-state index in [1.54, 1.807) is 28.3 Å². The van der Waals surface area contributed by atoms with Crippen molar-refractivity contribution < 1.29 is 8.42 Å². The molecule has 142 valence electrons. The lowest BCUT2D eigenvalue weighted by Crippen LogP contribution is -2.48. The number of pyridine rings is 1. The third-order valence-corrected chi connectivity index (χ3v) is 6.52. The van der Waals surface area contributed by atoms with Crippen LogP contribution in [0, 0.1) is 12.8 Å². The van der Waals surface area contributed by atoms with Crippen LogP contribution >= 0.6 is 0 Å². The summed E-state index contributed by atoms with van der Waals surface area (Å²) in [5.41, 5.74) is 1.58. The van der Waals surface area contributed by atoms with Gasteiger partial charge in [-0.1, -0.05) is 19.9 Å². The van der Waals surface area contributed by atoms with E-state index in [1.807, 2.05) is 18.2 Å². The number of piperazine rings is 1. The summed E-state index contributed by atoms with van der Waals surface area (Å²) in [6.07, 6.45) is 3.46. The summed E-state index contributed by atoms with van der Waals surface area (Å²) < 4.78 is 29.3. The monoisotopic (exact) mass is 377 g/mol. The Hall–Kier alpha value is -1.77. The van der Waals surface area contributed by atoms with E-state index in [4.69, 9.17) is 0 Å². The average Bonchev–Trinajstić information content (AvgIpc) is 2.96. The molecule has 8 heteroatoms. The molecule has 0 atom stereocenters. The smallest absolute Gasteiger partial charge is 0.246 e. The Labute approximate surface area is 155 Å². The number of hydrogen-bond acceptors (Lipinski definition) is 5. The van der Waals surface area contributed by atoms with E-state index in [-0.39, 0.29) is 0 Å². The highest BCUT2D eigenvalue weighted by Crippen LogP contribution is 2.21. The van der Waals surface area contributed by atoms with Crippen molar-refractivity contribution in [2.45, 2.75) is 38.8 Å². The highest BCUT2D eigenvalue weighted by atomic mass is 32.2. The first-order valence-electron chi connectivity index (χ1n) is 9.02. The predicted octanol–water partition coefficient (Wildman–Crippen LogP) is 1.75. The maximum absolute atomic E-state index is 13.0. The van der Waals surface area contributed by atoms with Crippen LogP contribution in [-0.4, -0.2) is 58.6 Å². The van der Waals surface area contributed by atoms with Crippen LogP contribution in [0.2, 0.25) is 0 Å². The van der Waals surface area contributed by atoms with E-state index in [2.05, 4.69) is 28.8 Å². The molecule has 1 saturated heterocycles. The summed E-state index contributed by atoms with van der Waals surface area (Å²) in [5.74, 6) is 0.417. The Balaban J connectivity index is 1.65. The molecule has 0 aliphatic carbocycles. The molecular weight excluding hydrogens is 350 g/mol. The molecule has 3 rings (SSSR count). The quantitative estimate of drug-likeness (QED) is 0.767. The SMILES string of the molecule is Cc1nn(CC(C)C)cc1S(=O)(=O)N1CCN(Cc2ccccn2)CC1. The van der Waals surface area contributed by atoms with Gasteiger partial charge in [-0.3, -0.25) is 14.6 Å². The van der Waals surface area contributed by atoms with Crippen LogP contribution in [0.4, 0.5) is 0 Å². The van der Waals surface area contributed by atoms with Gasteiger partial charge >= 0.3 is 0 Å². The van der Waals surface area contributed by atoms with E-state index >= 15 is 0 Å². The summed E-state index contributed by atoms with van der Waals surface area (Å²) in [7, 11) is -3.50. The molecule has 0 saturated carbocycles. The minimum absolute atomic E-state index is 0.330. The molecule has 2 aromatic rings. The largest absolute Gasteiger partial charge is 0.295 e. The van der Waals surface area contributed by atoms with Gasteiger partial charge in [0.2, 0.25) is 10.0 Å². The first-order chi connectivity index (χ1) is 12.4. The Bertz CT molecular complexity index is 825. The fourth-order valence-corrected chi connectivity index (χ4v) is 4.80. The van der Waals surface area contributed by atoms with Crippen LogP contribution in [0.5, 0.6) is 0 Å². The van der Waals surface area contributed by atoms with Crippen molar-refractivity contribution in [2.24, 2.45) is 5.92 Å². The van der Waals surface area contributed by atoms with Crippen molar-refractivity contribution in [2.75, 3.05) is 26.2 Å². The van der Waals surface area contributed by atoms with Crippen LogP contribution in [-0.2, 0) is 23.1 Å². The normalized spacial score (nSPS) is 17.1. The zero-order valence-corrected chi connectivity index (χ0v) is 16.5. The zero-order chi connectivity index (χ0) is 18.7. The molecule has 1 aliphatic rings. The van der Waals surface area contributed by atoms with Crippen molar-refractivity contribution >= 4 is 10.0 Å². The molecule has 0 N–H and O–H groups in total. The predicted molar refractivity (Wildman–Crippen MR) is 100 cm³/mol. The summed E-state index contributed by atoms with van der Waals surface area (Å²) in [4.78, 5) is 6.91. The number of aromatic nitrogens is 3. The van der Waals surface area contributed by atoms with Gasteiger partial charge in [0.15, 0.2) is 0 Å². The van der Waals surface area contributed by atoms with Crippen molar-refractivity contribution in [3.63, 3.8) is 0 Å². The minimum atomic E-state index is -3.50. The van der Waals surface area contributed by atoms with Gasteiger partial charge in [-0.25, -0.2) is 8.42 Å². The summed E-state index contributed by atoms with van der Waals surface area (Å²) in [6.45, 7) is 9.80. The number of nitrogens with zero attached hydrogens (tertiary/aromatic N) is 5. The topological polar surface area (TPSA) is 71.3 Å². The molecule has 0 radical (unpaired) electrons. The molecule has 3 heterocycles. The Morgan fingerprint density at radius 2 is 1.88 bits per heavy atom. The van der Waals surface area contributed by atoms with Gasteiger partial charge in [-0.2, -0.15) is 9.40 Å². The van der Waals surface area contributed by atoms with Gasteiger partial charge in [0.05, 0.1) is 11.4 Å². The maximum atomic E-state index is 13.0. The van der Waals surface area contributed by atoms with Crippen LogP contribution < -0.4 is 0 Å². The average molecular weight is 378 g/mol. The lowest BCUT2D eigenvalue weighted by molar-refractivity contribution is 0.180. The number of aryl methyl sites for hydroxylation is 1. The number of hydrogen-bond donors (Lipinski definition) is 0. The lowest BCUT2D eigenvalue weighted by Gasteiger charge is -2.33. The van der Waals surface area contributed by atoms with Gasteiger partial charge in [0.25, 0.3) is 0 Å². The molecule has 7 nitrogen and oxygen atoms in total. The molecule has 0 unspecified atom stereocenters. The van der Waals surface area contributed by atoms with E-state index in [0.717, 1.165) is 12.2 Å². The van der Waals surface area contributed by atoms with E-state index in [9.17, 15) is 8.42 Å². The molecule has 2 aromatic heterocycles. The second-order valence-corrected chi connectivity index (χ2v) is 9.10. The highest BCUT2D eigenvalue weighted by Gasteiger charge is 2.31. The molecule has 1 fully saturated rings. The zero-order valence-electron chi connectivity index (χ0n) is 15.7. The third-order valence-electron chi connectivity index (χ3n) is 4.51. The van der Waals surface area contributed by atoms with E-state index in [1.165, 1.54) is 0 Å². The van der Waals surface area contributed by atoms with E-state index < -0.39 is 10.0 Å². The van der Waals surface area contributed by atoms with Crippen LogP contribution in [0.15, 0.2) is 35.5 Å². The summed E-state index contributed by atoms with van der Waals surface area (Å²) in [5, 5.41) is 4.37. The standard InChI is InChI=1S/C18H27N5O2S/c1-15(2)12-22-14-18(16(3)20-22)26(24,25)23-10-8-21(9-11-23)13-17-6-4-5-7-19-17/h4-7,14-15H,8-13H2,1-3H3. The second-order valence-electron chi connectivity index (χ2n) is 7.20. The Kier molecular flexibility index (Phi) is 5.74. The molecule has 1 aliphatic heterocycles. The van der Waals surface area contributed by atoms with Gasteiger partial charge < -0.3 is 0 Å². The number of rotatable bonds is 6. The minimum Gasteiger partial charge on any atom is -0.295 e. The van der Waals surface area contributed by atoms with Crippen molar-refractivity contribution in [1.29, 1.82) is 0 Å². The fourth-order valence-electron chi connectivity index (χ4n) is 3.21. The lowest BCUT2D eigenvalue weighted by atomic mass is 10.2. The van der Waals surface area contributed by atoms with Gasteiger partial charge in [-0.05, 0) is 25.0 Å². The highest BCUT2D eigenvalue weighted by molar-refractivity contribution is 7.89. The third kappa shape index (κ3) is 4.31. The number of sulfonamides is 1. The summed E-state index contributed by atoms with van der Waals surface area (Å²) >= 11 is 0. The van der Waals surface area contributed by atoms with Gasteiger partial charge in [-0.15, -0.1) is 0 Å². The van der Waals surface area contributed by atoms with Crippen molar-refractivity contribution in [1.82, 2.24) is 24.0 Å². The van der Waals surface area contributed by atoms with Gasteiger partial charge in [0.1, 0.15) is 4.90 Å². The van der Waals surface area contributed by atoms with Crippen molar-refractivity contribution in [3.8, 4) is 0 Å². The fraction of sp³-hybridized carbons (Fsp3) is 0.556. The second kappa shape index (κ2) is 7.85. The first kappa shape index (κ1) is 19.0. The molecule has 26 heavy (non-hydrogen) atoms. The van der Waals surface area contributed by atoms with E-state index in [0.29, 0.717) is 49.2 Å². The van der Waals surface area contributed by atoms with Crippen LogP contribution in [0.1, 0.15) is 25.2 Å². The molecule has 0 bridgehead atoms. The molecular formula is C18H27N5O2S. The molecule has 0 aromatic carbocycles. The Morgan fingerprint density at radius 3 is 2.50 bits per heavy atom. The molecule has 0 spiro atoms. The maximum Gasteiger partial charge on any atom is 0.246 e. The summed E-state index contributed by atoms with van der Waals surface area (Å²) in [6, 6.07) is 5.87. The van der Waals surface area contributed by atoms with Crippen LogP contribution in [0.25, 0.3) is 0 Å². The first-order valence-corrected chi connectivity index (χ1v) is 10.5. The Morgan fingerprint density at radius 1 is 1.15 bits per heavy atom. The van der Waals surface area contributed by atoms with Crippen molar-refractivity contribution in [3.05, 3.63) is 42.0 Å². The molecule has 0 amide bonds.